The molecule has 1 heterocycles. The lowest BCUT2D eigenvalue weighted by Gasteiger charge is -2.10. The molecule has 1 aromatic rings. The number of hydrogen-bond donors (Lipinski definition) is 1. The molecule has 1 aliphatic rings. The van der Waals surface area contributed by atoms with Gasteiger partial charge >= 0.3 is 0 Å². The molecule has 1 N–H and O–H groups in total. The van der Waals surface area contributed by atoms with Crippen molar-refractivity contribution in [2.45, 2.75) is 12.8 Å². The second kappa shape index (κ2) is 5.87. The second-order valence-electron chi connectivity index (χ2n) is 4.16. The number of aliphatic hydroxyl groups excluding tert-OH is 1. The van der Waals surface area contributed by atoms with Gasteiger partial charge in [-0.3, -0.25) is 0 Å². The highest BCUT2D eigenvalue weighted by Gasteiger charge is 2.15. The fourth-order valence-electron chi connectivity index (χ4n) is 1.81. The van der Waals surface area contributed by atoms with Crippen LogP contribution in [0, 0.1) is 5.92 Å². The van der Waals surface area contributed by atoms with Crippen molar-refractivity contribution in [1.29, 1.82) is 0 Å². The third kappa shape index (κ3) is 3.22. The Morgan fingerprint density at radius 2 is 2.12 bits per heavy atom. The fourth-order valence-corrected chi connectivity index (χ4v) is 1.81. The molecule has 0 aliphatic carbocycles. The van der Waals surface area contributed by atoms with Crippen molar-refractivity contribution in [3.8, 4) is 5.75 Å². The molecule has 0 spiro atoms. The lowest BCUT2D eigenvalue weighted by molar-refractivity contribution is 0.167. The molecular formula is C13H18O3. The van der Waals surface area contributed by atoms with Crippen LogP contribution in [0.25, 0.3) is 0 Å². The number of ether oxygens (including phenoxy) is 2. The minimum atomic E-state index is 0.194. The Kier molecular flexibility index (Phi) is 4.19. The molecule has 0 radical (unpaired) electrons. The Balaban J connectivity index is 1.80. The summed E-state index contributed by atoms with van der Waals surface area (Å²) in [6, 6.07) is 7.91. The predicted molar refractivity (Wildman–Crippen MR) is 61.7 cm³/mol. The SMILES string of the molecule is OCCc1ccc(OCC2CCOC2)cc1. The van der Waals surface area contributed by atoms with E-state index in [4.69, 9.17) is 14.6 Å². The molecule has 16 heavy (non-hydrogen) atoms. The molecule has 3 nitrogen and oxygen atoms in total. The molecule has 0 amide bonds. The van der Waals surface area contributed by atoms with Crippen molar-refractivity contribution in [1.82, 2.24) is 0 Å². The van der Waals surface area contributed by atoms with Crippen molar-refractivity contribution in [2.75, 3.05) is 26.4 Å². The molecular weight excluding hydrogens is 204 g/mol. The summed E-state index contributed by atoms with van der Waals surface area (Å²) in [7, 11) is 0. The van der Waals surface area contributed by atoms with Gasteiger partial charge in [0.2, 0.25) is 0 Å². The van der Waals surface area contributed by atoms with Crippen LogP contribution in [0.3, 0.4) is 0 Å². The van der Waals surface area contributed by atoms with Crippen molar-refractivity contribution < 1.29 is 14.6 Å². The topological polar surface area (TPSA) is 38.7 Å². The summed E-state index contributed by atoms with van der Waals surface area (Å²) in [5.74, 6) is 1.44. The molecule has 0 aromatic heterocycles. The van der Waals surface area contributed by atoms with Gasteiger partial charge in [-0.25, -0.2) is 0 Å². The van der Waals surface area contributed by atoms with E-state index in [2.05, 4.69) is 0 Å². The first kappa shape index (κ1) is 11.4. The molecule has 0 bridgehead atoms. The van der Waals surface area contributed by atoms with Gasteiger partial charge in [0.1, 0.15) is 5.75 Å². The quantitative estimate of drug-likeness (QED) is 0.823. The molecule has 0 saturated carbocycles. The highest BCUT2D eigenvalue weighted by atomic mass is 16.5. The highest BCUT2D eigenvalue weighted by Crippen LogP contribution is 2.17. The molecule has 1 aromatic carbocycles. The second-order valence-corrected chi connectivity index (χ2v) is 4.16. The first-order chi connectivity index (χ1) is 7.88. The normalized spacial score (nSPS) is 19.9. The van der Waals surface area contributed by atoms with Crippen LogP contribution in [0.15, 0.2) is 24.3 Å². The molecule has 2 rings (SSSR count). The van der Waals surface area contributed by atoms with Gasteiger partial charge in [0.15, 0.2) is 0 Å². The Labute approximate surface area is 96.0 Å². The minimum absolute atomic E-state index is 0.194. The molecule has 88 valence electrons. The summed E-state index contributed by atoms with van der Waals surface area (Å²) in [6.45, 7) is 2.62. The standard InChI is InChI=1S/C13H18O3/c14-7-5-11-1-3-13(4-2-11)16-10-12-6-8-15-9-12/h1-4,12,14H,5-10H2. The zero-order chi connectivity index (χ0) is 11.2. The molecule has 3 heteroatoms. The maximum atomic E-state index is 8.79. The Bertz CT molecular complexity index is 301. The van der Waals surface area contributed by atoms with E-state index in [1.807, 2.05) is 24.3 Å². The zero-order valence-electron chi connectivity index (χ0n) is 9.39. The largest absolute Gasteiger partial charge is 0.493 e. The summed E-state index contributed by atoms with van der Waals surface area (Å²) in [6.07, 6.45) is 1.80. The third-order valence-corrected chi connectivity index (χ3v) is 2.83. The van der Waals surface area contributed by atoms with Gasteiger partial charge in [-0.05, 0) is 30.5 Å². The molecule has 1 aliphatic heterocycles. The van der Waals surface area contributed by atoms with Gasteiger partial charge < -0.3 is 14.6 Å². The van der Waals surface area contributed by atoms with Crippen LogP contribution in [-0.4, -0.2) is 31.5 Å². The van der Waals surface area contributed by atoms with E-state index in [9.17, 15) is 0 Å². The van der Waals surface area contributed by atoms with E-state index in [0.717, 1.165) is 37.6 Å². The van der Waals surface area contributed by atoms with Crippen LogP contribution in [0.1, 0.15) is 12.0 Å². The van der Waals surface area contributed by atoms with Crippen LogP contribution in [0.5, 0.6) is 5.75 Å². The van der Waals surface area contributed by atoms with E-state index in [0.29, 0.717) is 12.3 Å². The van der Waals surface area contributed by atoms with Gasteiger partial charge in [0.05, 0.1) is 13.2 Å². The van der Waals surface area contributed by atoms with Gasteiger partial charge in [-0.15, -0.1) is 0 Å². The highest BCUT2D eigenvalue weighted by molar-refractivity contribution is 5.27. The van der Waals surface area contributed by atoms with Gasteiger partial charge in [-0.1, -0.05) is 12.1 Å². The van der Waals surface area contributed by atoms with E-state index in [1.54, 1.807) is 0 Å². The van der Waals surface area contributed by atoms with Crippen LogP contribution >= 0.6 is 0 Å². The summed E-state index contributed by atoms with van der Waals surface area (Å²) >= 11 is 0. The number of hydrogen-bond acceptors (Lipinski definition) is 3. The van der Waals surface area contributed by atoms with Crippen LogP contribution in [-0.2, 0) is 11.2 Å². The average Bonchev–Trinajstić information content (AvgIpc) is 2.82. The number of benzene rings is 1. The van der Waals surface area contributed by atoms with Crippen LogP contribution in [0.4, 0.5) is 0 Å². The van der Waals surface area contributed by atoms with E-state index in [-0.39, 0.29) is 6.61 Å². The molecule has 1 fully saturated rings. The Hall–Kier alpha value is -1.06. The lowest BCUT2D eigenvalue weighted by atomic mass is 10.1. The first-order valence-corrected chi connectivity index (χ1v) is 5.79. The molecule has 1 atom stereocenters. The van der Waals surface area contributed by atoms with Crippen molar-refractivity contribution >= 4 is 0 Å². The predicted octanol–water partition coefficient (Wildman–Crippen LogP) is 1.64. The van der Waals surface area contributed by atoms with Crippen LogP contribution < -0.4 is 4.74 Å². The zero-order valence-corrected chi connectivity index (χ0v) is 9.39. The first-order valence-electron chi connectivity index (χ1n) is 5.79. The van der Waals surface area contributed by atoms with Crippen molar-refractivity contribution in [3.63, 3.8) is 0 Å². The molecule has 1 unspecified atom stereocenters. The monoisotopic (exact) mass is 222 g/mol. The van der Waals surface area contributed by atoms with E-state index >= 15 is 0 Å². The fraction of sp³-hybridized carbons (Fsp3) is 0.538. The summed E-state index contributed by atoms with van der Waals surface area (Å²) in [5.41, 5.74) is 1.14. The van der Waals surface area contributed by atoms with Crippen molar-refractivity contribution in [2.24, 2.45) is 5.92 Å². The van der Waals surface area contributed by atoms with Crippen molar-refractivity contribution in [3.05, 3.63) is 29.8 Å². The Morgan fingerprint density at radius 3 is 2.75 bits per heavy atom. The smallest absolute Gasteiger partial charge is 0.119 e. The number of aliphatic hydroxyl groups is 1. The van der Waals surface area contributed by atoms with E-state index < -0.39 is 0 Å². The summed E-state index contributed by atoms with van der Waals surface area (Å²) < 4.78 is 11.0. The van der Waals surface area contributed by atoms with Gasteiger partial charge in [0, 0.05) is 19.1 Å². The third-order valence-electron chi connectivity index (χ3n) is 2.83. The van der Waals surface area contributed by atoms with Crippen LogP contribution in [0.2, 0.25) is 0 Å². The summed E-state index contributed by atoms with van der Waals surface area (Å²) in [5, 5.41) is 8.79. The van der Waals surface area contributed by atoms with Gasteiger partial charge in [0.25, 0.3) is 0 Å². The molecule has 1 saturated heterocycles. The number of rotatable bonds is 5. The Morgan fingerprint density at radius 1 is 1.31 bits per heavy atom. The van der Waals surface area contributed by atoms with Gasteiger partial charge in [-0.2, -0.15) is 0 Å². The minimum Gasteiger partial charge on any atom is -0.493 e. The lowest BCUT2D eigenvalue weighted by Crippen LogP contribution is -2.11. The average molecular weight is 222 g/mol. The summed E-state index contributed by atoms with van der Waals surface area (Å²) in [4.78, 5) is 0. The maximum Gasteiger partial charge on any atom is 0.119 e. The maximum absolute atomic E-state index is 8.79. The van der Waals surface area contributed by atoms with E-state index in [1.165, 1.54) is 0 Å².